The molecule has 3 amide bonds. The quantitative estimate of drug-likeness (QED) is 0.468. The van der Waals surface area contributed by atoms with E-state index < -0.39 is 30.3 Å². The van der Waals surface area contributed by atoms with Gasteiger partial charge in [0, 0.05) is 31.5 Å². The summed E-state index contributed by atoms with van der Waals surface area (Å²) >= 11 is 0. The van der Waals surface area contributed by atoms with Crippen molar-refractivity contribution in [2.75, 3.05) is 13.1 Å². The third-order valence-electron chi connectivity index (χ3n) is 5.76. The van der Waals surface area contributed by atoms with Crippen LogP contribution < -0.4 is 10.9 Å². The number of ketones is 1. The smallest absolute Gasteiger partial charge is 0.336 e. The number of hydrazine groups is 1. The van der Waals surface area contributed by atoms with Crippen LogP contribution in [-0.4, -0.2) is 81.2 Å². The zero-order valence-electron chi connectivity index (χ0n) is 17.2. The van der Waals surface area contributed by atoms with Crippen molar-refractivity contribution in [1.82, 2.24) is 20.7 Å². The monoisotopic (exact) mass is 398 g/mol. The second-order valence-electron chi connectivity index (χ2n) is 8.11. The second-order valence-corrected chi connectivity index (χ2v) is 8.11. The third kappa shape index (κ3) is 5.01. The van der Waals surface area contributed by atoms with Gasteiger partial charge in [0.15, 0.2) is 5.78 Å². The standard InChI is InChI=1S/C19H34N4O5/c1-5-12(6-2)22-9-14(25)8-16(22)18(27)20-21-19(28)23-10-13(24)7-15(23)17(26)11(3)4/h11-16,24-25H,5-10H2,1-4H3,(H,20,27)(H,21,28). The van der Waals surface area contributed by atoms with Crippen molar-refractivity contribution in [3.05, 3.63) is 0 Å². The average molecular weight is 399 g/mol. The summed E-state index contributed by atoms with van der Waals surface area (Å²) < 4.78 is 0. The van der Waals surface area contributed by atoms with Crippen molar-refractivity contribution >= 4 is 17.7 Å². The van der Waals surface area contributed by atoms with E-state index in [9.17, 15) is 24.6 Å². The molecular formula is C19H34N4O5. The molecule has 4 atom stereocenters. The van der Waals surface area contributed by atoms with Crippen LogP contribution in [0.3, 0.4) is 0 Å². The summed E-state index contributed by atoms with van der Waals surface area (Å²) in [7, 11) is 0. The number of carbonyl (C=O) groups excluding carboxylic acids is 3. The van der Waals surface area contributed by atoms with Crippen molar-refractivity contribution in [3.63, 3.8) is 0 Å². The van der Waals surface area contributed by atoms with Crippen LogP contribution in [0.4, 0.5) is 4.79 Å². The van der Waals surface area contributed by atoms with Crippen LogP contribution >= 0.6 is 0 Å². The number of aliphatic hydroxyl groups excluding tert-OH is 2. The molecule has 2 rings (SSSR count). The molecule has 2 saturated heterocycles. The van der Waals surface area contributed by atoms with Gasteiger partial charge in [0.25, 0.3) is 5.91 Å². The number of β-amino-alcohol motifs (C(OH)–C–C–N with tert-alkyl or cyclic N) is 2. The average Bonchev–Trinajstić information content (AvgIpc) is 3.22. The van der Waals surface area contributed by atoms with Crippen molar-refractivity contribution in [3.8, 4) is 0 Å². The maximum Gasteiger partial charge on any atom is 0.336 e. The number of hydrogen-bond donors (Lipinski definition) is 4. The Morgan fingerprint density at radius 1 is 0.964 bits per heavy atom. The molecule has 4 N–H and O–H groups in total. The first kappa shape index (κ1) is 22.6. The molecule has 160 valence electrons. The summed E-state index contributed by atoms with van der Waals surface area (Å²) in [5, 5.41) is 19.9. The molecule has 0 radical (unpaired) electrons. The molecular weight excluding hydrogens is 364 g/mol. The number of nitrogens with one attached hydrogen (secondary N) is 2. The fourth-order valence-corrected chi connectivity index (χ4v) is 4.22. The lowest BCUT2D eigenvalue weighted by molar-refractivity contribution is -0.127. The number of nitrogens with zero attached hydrogens (tertiary/aromatic N) is 2. The molecule has 28 heavy (non-hydrogen) atoms. The molecule has 2 heterocycles. The minimum atomic E-state index is -0.760. The largest absolute Gasteiger partial charge is 0.392 e. The van der Waals surface area contributed by atoms with E-state index in [2.05, 4.69) is 10.9 Å². The first-order valence-electron chi connectivity index (χ1n) is 10.2. The maximum absolute atomic E-state index is 12.6. The lowest BCUT2D eigenvalue weighted by Crippen LogP contribution is -2.56. The van der Waals surface area contributed by atoms with Crippen molar-refractivity contribution in [2.24, 2.45) is 5.92 Å². The Labute approximate surface area is 166 Å². The lowest BCUT2D eigenvalue weighted by atomic mass is 9.99. The number of aliphatic hydroxyl groups is 2. The van der Waals surface area contributed by atoms with E-state index in [-0.39, 0.29) is 36.6 Å². The van der Waals surface area contributed by atoms with Gasteiger partial charge in [-0.25, -0.2) is 10.2 Å². The van der Waals surface area contributed by atoms with Gasteiger partial charge in [-0.2, -0.15) is 0 Å². The molecule has 2 fully saturated rings. The molecule has 4 unspecified atom stereocenters. The number of Topliss-reactive ketones (excluding diaryl/α,β-unsaturated/α-hetero) is 1. The Morgan fingerprint density at radius 2 is 1.54 bits per heavy atom. The van der Waals surface area contributed by atoms with E-state index in [0.29, 0.717) is 13.0 Å². The van der Waals surface area contributed by atoms with Gasteiger partial charge in [-0.3, -0.25) is 19.9 Å². The Hall–Kier alpha value is -1.71. The second kappa shape index (κ2) is 9.67. The highest BCUT2D eigenvalue weighted by atomic mass is 16.3. The van der Waals surface area contributed by atoms with E-state index >= 15 is 0 Å². The van der Waals surface area contributed by atoms with Crippen LogP contribution in [0.5, 0.6) is 0 Å². The van der Waals surface area contributed by atoms with Crippen LogP contribution in [0.25, 0.3) is 0 Å². The number of rotatable bonds is 6. The van der Waals surface area contributed by atoms with Gasteiger partial charge in [-0.1, -0.05) is 27.7 Å². The van der Waals surface area contributed by atoms with Gasteiger partial charge in [-0.05, 0) is 19.3 Å². The molecule has 0 bridgehead atoms. The van der Waals surface area contributed by atoms with E-state index in [1.807, 2.05) is 18.7 Å². The lowest BCUT2D eigenvalue weighted by Gasteiger charge is -2.31. The highest BCUT2D eigenvalue weighted by molar-refractivity contribution is 5.91. The van der Waals surface area contributed by atoms with Crippen molar-refractivity contribution < 1.29 is 24.6 Å². The molecule has 2 aliphatic heterocycles. The molecule has 9 heteroatoms. The SMILES string of the molecule is CCC(CC)N1CC(O)CC1C(=O)NNC(=O)N1CC(O)CC1C(=O)C(C)C. The van der Waals surface area contributed by atoms with E-state index in [4.69, 9.17) is 0 Å². The van der Waals surface area contributed by atoms with E-state index in [1.54, 1.807) is 13.8 Å². The van der Waals surface area contributed by atoms with Gasteiger partial charge >= 0.3 is 6.03 Å². The summed E-state index contributed by atoms with van der Waals surface area (Å²) in [6.07, 6.45) is 0.914. The predicted molar refractivity (Wildman–Crippen MR) is 103 cm³/mol. The number of amides is 3. The minimum absolute atomic E-state index is 0.0485. The van der Waals surface area contributed by atoms with Crippen molar-refractivity contribution in [1.29, 1.82) is 0 Å². The summed E-state index contributed by atoms with van der Waals surface area (Å²) in [5.74, 6) is -0.756. The van der Waals surface area contributed by atoms with Crippen LogP contribution in [0, 0.1) is 5.92 Å². The van der Waals surface area contributed by atoms with Crippen LogP contribution in [0.15, 0.2) is 0 Å². The van der Waals surface area contributed by atoms with Crippen LogP contribution in [0.1, 0.15) is 53.4 Å². The first-order valence-corrected chi connectivity index (χ1v) is 10.2. The number of urea groups is 1. The Kier molecular flexibility index (Phi) is 7.79. The fourth-order valence-electron chi connectivity index (χ4n) is 4.22. The number of hydrogen-bond acceptors (Lipinski definition) is 6. The molecule has 9 nitrogen and oxygen atoms in total. The van der Waals surface area contributed by atoms with E-state index in [0.717, 1.165) is 12.8 Å². The summed E-state index contributed by atoms with van der Waals surface area (Å²) in [6.45, 7) is 8.07. The highest BCUT2D eigenvalue weighted by Crippen LogP contribution is 2.24. The number of carbonyl (C=O) groups is 3. The molecule has 0 aromatic heterocycles. The predicted octanol–water partition coefficient (Wildman–Crippen LogP) is 0.0113. The molecule has 0 aromatic carbocycles. The molecule has 0 aromatic rings. The van der Waals surface area contributed by atoms with Gasteiger partial charge < -0.3 is 15.1 Å². The van der Waals surface area contributed by atoms with Crippen LogP contribution in [-0.2, 0) is 9.59 Å². The van der Waals surface area contributed by atoms with E-state index in [1.165, 1.54) is 4.90 Å². The van der Waals surface area contributed by atoms with Gasteiger partial charge in [0.1, 0.15) is 0 Å². The van der Waals surface area contributed by atoms with Gasteiger partial charge in [0.05, 0.1) is 24.3 Å². The Bertz CT molecular complexity index is 581. The zero-order valence-corrected chi connectivity index (χ0v) is 17.2. The van der Waals surface area contributed by atoms with Gasteiger partial charge in [-0.15, -0.1) is 0 Å². The zero-order chi connectivity index (χ0) is 21.0. The first-order chi connectivity index (χ1) is 13.2. The summed E-state index contributed by atoms with van der Waals surface area (Å²) in [5.41, 5.74) is 4.80. The topological polar surface area (TPSA) is 122 Å². The third-order valence-corrected chi connectivity index (χ3v) is 5.76. The normalized spacial score (nSPS) is 28.2. The van der Waals surface area contributed by atoms with Crippen molar-refractivity contribution in [2.45, 2.75) is 83.7 Å². The molecule has 0 saturated carbocycles. The molecule has 0 spiro atoms. The van der Waals surface area contributed by atoms with Gasteiger partial charge in [0.2, 0.25) is 0 Å². The fraction of sp³-hybridized carbons (Fsp3) is 0.842. The Balaban J connectivity index is 1.97. The summed E-state index contributed by atoms with van der Waals surface area (Å²) in [4.78, 5) is 40.7. The maximum atomic E-state index is 12.6. The number of likely N-dealkylation sites (tertiary alicyclic amines) is 2. The summed E-state index contributed by atoms with van der Waals surface area (Å²) in [6, 6.07) is -1.64. The Morgan fingerprint density at radius 3 is 2.11 bits per heavy atom. The molecule has 2 aliphatic rings. The highest BCUT2D eigenvalue weighted by Gasteiger charge is 2.41. The van der Waals surface area contributed by atoms with Crippen LogP contribution in [0.2, 0.25) is 0 Å². The minimum Gasteiger partial charge on any atom is -0.392 e. The molecule has 0 aliphatic carbocycles.